The second-order valence-electron chi connectivity index (χ2n) is 6.98. The predicted octanol–water partition coefficient (Wildman–Crippen LogP) is 5.40. The Kier molecular flexibility index (Phi) is 5.67. The van der Waals surface area contributed by atoms with Gasteiger partial charge < -0.3 is 13.9 Å². The Morgan fingerprint density at radius 3 is 2.42 bits per heavy atom. The van der Waals surface area contributed by atoms with Gasteiger partial charge in [-0.05, 0) is 55.0 Å². The zero-order valence-corrected chi connectivity index (χ0v) is 17.1. The molecule has 4 aromatic rings. The van der Waals surface area contributed by atoms with E-state index >= 15 is 0 Å². The van der Waals surface area contributed by atoms with Crippen LogP contribution < -0.4 is 14.9 Å². The van der Waals surface area contributed by atoms with Gasteiger partial charge in [0.05, 0.1) is 12.5 Å². The van der Waals surface area contributed by atoms with Crippen LogP contribution in [0.2, 0.25) is 0 Å². The summed E-state index contributed by atoms with van der Waals surface area (Å²) in [6.45, 7) is 1.88. The second kappa shape index (κ2) is 8.71. The first kappa shape index (κ1) is 20.2. The molecule has 1 heterocycles. The Balaban J connectivity index is 1.79. The molecule has 0 aliphatic heterocycles. The maximum Gasteiger partial charge on any atom is 0.336 e. The molecule has 0 fully saturated rings. The van der Waals surface area contributed by atoms with Crippen molar-refractivity contribution in [2.24, 2.45) is 0 Å². The van der Waals surface area contributed by atoms with Crippen LogP contribution in [0.5, 0.6) is 11.5 Å². The molecule has 5 nitrogen and oxygen atoms in total. The van der Waals surface area contributed by atoms with Crippen LogP contribution in [-0.4, -0.2) is 13.1 Å². The first-order valence-corrected chi connectivity index (χ1v) is 9.72. The minimum atomic E-state index is -0.669. The molecule has 154 valence electrons. The van der Waals surface area contributed by atoms with E-state index in [0.717, 1.165) is 11.1 Å². The summed E-state index contributed by atoms with van der Waals surface area (Å²) in [7, 11) is 1.57. The molecule has 0 spiro atoms. The number of hydrogen-bond acceptors (Lipinski definition) is 5. The van der Waals surface area contributed by atoms with E-state index in [9.17, 15) is 9.59 Å². The molecule has 0 saturated heterocycles. The summed E-state index contributed by atoms with van der Waals surface area (Å²) in [5.41, 5.74) is 2.35. The third kappa shape index (κ3) is 4.41. The zero-order chi connectivity index (χ0) is 21.8. The number of ether oxygens (including phenoxy) is 2. The summed E-state index contributed by atoms with van der Waals surface area (Å²) in [5, 5.41) is 0.354. The molecule has 0 N–H and O–H groups in total. The third-order valence-electron chi connectivity index (χ3n) is 4.77. The molecule has 1 aromatic heterocycles. The quantitative estimate of drug-likeness (QED) is 0.325. The zero-order valence-electron chi connectivity index (χ0n) is 17.1. The van der Waals surface area contributed by atoms with Gasteiger partial charge in [0.25, 0.3) is 0 Å². The van der Waals surface area contributed by atoms with Crippen molar-refractivity contribution in [2.45, 2.75) is 6.92 Å². The van der Waals surface area contributed by atoms with E-state index in [0.29, 0.717) is 22.3 Å². The van der Waals surface area contributed by atoms with E-state index in [4.69, 9.17) is 13.9 Å². The highest BCUT2D eigenvalue weighted by atomic mass is 16.5. The summed E-state index contributed by atoms with van der Waals surface area (Å²) in [5.74, 6) is 0.0289. The fourth-order valence-corrected chi connectivity index (χ4v) is 3.18. The number of rotatable bonds is 5. The van der Waals surface area contributed by atoms with Crippen LogP contribution in [0.1, 0.15) is 11.1 Å². The van der Waals surface area contributed by atoms with Gasteiger partial charge in [0.2, 0.25) is 11.2 Å². The number of hydrogen-bond donors (Lipinski definition) is 0. The third-order valence-corrected chi connectivity index (χ3v) is 4.77. The number of methoxy groups -OCH3 is 1. The lowest BCUT2D eigenvalue weighted by Crippen LogP contribution is -2.14. The van der Waals surface area contributed by atoms with E-state index in [1.807, 2.05) is 43.3 Å². The normalized spacial score (nSPS) is 11.0. The fourth-order valence-electron chi connectivity index (χ4n) is 3.18. The van der Waals surface area contributed by atoms with Crippen LogP contribution in [0.4, 0.5) is 0 Å². The molecule has 0 amide bonds. The molecule has 0 aliphatic carbocycles. The molecule has 0 unspecified atom stereocenters. The topological polar surface area (TPSA) is 65.7 Å². The number of esters is 1. The molecule has 0 radical (unpaired) electrons. The summed E-state index contributed by atoms with van der Waals surface area (Å²) in [6.07, 6.45) is 2.91. The SMILES string of the molecule is COc1ccc(-c2oc3ccc(C)cc3c(=O)c2OC(=O)C=Cc2ccccc2)cc1. The van der Waals surface area contributed by atoms with Crippen LogP contribution in [0.25, 0.3) is 28.4 Å². The monoisotopic (exact) mass is 412 g/mol. The fraction of sp³-hybridized carbons (Fsp3) is 0.0769. The van der Waals surface area contributed by atoms with Gasteiger partial charge in [0.1, 0.15) is 11.3 Å². The lowest BCUT2D eigenvalue weighted by molar-refractivity contribution is -0.129. The average molecular weight is 412 g/mol. The van der Waals surface area contributed by atoms with Crippen molar-refractivity contribution >= 4 is 23.0 Å². The molecule has 31 heavy (non-hydrogen) atoms. The van der Waals surface area contributed by atoms with Crippen LogP contribution in [0, 0.1) is 6.92 Å². The summed E-state index contributed by atoms with van der Waals surface area (Å²) in [4.78, 5) is 25.7. The Labute approximate surface area is 179 Å². The van der Waals surface area contributed by atoms with E-state index in [2.05, 4.69) is 0 Å². The largest absolute Gasteiger partial charge is 0.497 e. The van der Waals surface area contributed by atoms with Crippen LogP contribution in [-0.2, 0) is 4.79 Å². The molecule has 0 saturated carbocycles. The first-order valence-electron chi connectivity index (χ1n) is 9.72. The predicted molar refractivity (Wildman–Crippen MR) is 120 cm³/mol. The van der Waals surface area contributed by atoms with E-state index < -0.39 is 11.4 Å². The van der Waals surface area contributed by atoms with Gasteiger partial charge in [-0.25, -0.2) is 4.79 Å². The maximum atomic E-state index is 13.2. The summed E-state index contributed by atoms with van der Waals surface area (Å²) < 4.78 is 16.7. The number of fused-ring (bicyclic) bond motifs is 1. The van der Waals surface area contributed by atoms with E-state index in [-0.39, 0.29) is 11.5 Å². The van der Waals surface area contributed by atoms with Crippen molar-refractivity contribution in [3.05, 3.63) is 100 Å². The lowest BCUT2D eigenvalue weighted by atomic mass is 10.1. The molecule has 0 atom stereocenters. The minimum Gasteiger partial charge on any atom is -0.497 e. The van der Waals surface area contributed by atoms with Gasteiger partial charge in [-0.3, -0.25) is 4.79 Å². The van der Waals surface area contributed by atoms with Gasteiger partial charge in [0.15, 0.2) is 5.76 Å². The van der Waals surface area contributed by atoms with Crippen molar-refractivity contribution in [3.63, 3.8) is 0 Å². The second-order valence-corrected chi connectivity index (χ2v) is 6.98. The van der Waals surface area contributed by atoms with Crippen molar-refractivity contribution < 1.29 is 18.7 Å². The molecular weight excluding hydrogens is 392 g/mol. The number of carbonyl (C=O) groups is 1. The van der Waals surface area contributed by atoms with E-state index in [1.165, 1.54) is 6.08 Å². The minimum absolute atomic E-state index is 0.147. The van der Waals surface area contributed by atoms with Crippen LogP contribution in [0.15, 0.2) is 88.1 Å². The first-order chi connectivity index (χ1) is 15.0. The highest BCUT2D eigenvalue weighted by Gasteiger charge is 2.20. The van der Waals surface area contributed by atoms with Gasteiger partial charge in [-0.2, -0.15) is 0 Å². The number of aryl methyl sites for hydroxylation is 1. The maximum absolute atomic E-state index is 13.2. The molecule has 3 aromatic carbocycles. The highest BCUT2D eigenvalue weighted by Crippen LogP contribution is 2.32. The Bertz CT molecular complexity index is 1320. The van der Waals surface area contributed by atoms with Gasteiger partial charge >= 0.3 is 5.97 Å². The number of benzene rings is 3. The van der Waals surface area contributed by atoms with Gasteiger partial charge in [-0.15, -0.1) is 0 Å². The van der Waals surface area contributed by atoms with Crippen molar-refractivity contribution in [1.29, 1.82) is 0 Å². The molecule has 0 bridgehead atoms. The molecule has 5 heteroatoms. The van der Waals surface area contributed by atoms with E-state index in [1.54, 1.807) is 49.6 Å². The van der Waals surface area contributed by atoms with Gasteiger partial charge in [0, 0.05) is 11.6 Å². The summed E-state index contributed by atoms with van der Waals surface area (Å²) in [6, 6.07) is 21.6. The molecular formula is C26H20O5. The Morgan fingerprint density at radius 1 is 0.968 bits per heavy atom. The van der Waals surface area contributed by atoms with Crippen molar-refractivity contribution in [2.75, 3.05) is 7.11 Å². The lowest BCUT2D eigenvalue weighted by Gasteiger charge is -2.10. The van der Waals surface area contributed by atoms with Crippen LogP contribution >= 0.6 is 0 Å². The molecule has 4 rings (SSSR count). The standard InChI is InChI=1S/C26H20O5/c1-17-8-14-22-21(16-17)24(28)26(25(30-22)19-10-12-20(29-2)13-11-19)31-23(27)15-9-18-6-4-3-5-7-18/h3-16H,1-2H3. The van der Waals surface area contributed by atoms with Crippen molar-refractivity contribution in [1.82, 2.24) is 0 Å². The van der Waals surface area contributed by atoms with Crippen LogP contribution in [0.3, 0.4) is 0 Å². The number of carbonyl (C=O) groups excluding carboxylic acids is 1. The van der Waals surface area contributed by atoms with Crippen molar-refractivity contribution in [3.8, 4) is 22.8 Å². The molecule has 0 aliphatic rings. The Morgan fingerprint density at radius 2 is 1.71 bits per heavy atom. The smallest absolute Gasteiger partial charge is 0.336 e. The average Bonchev–Trinajstić information content (AvgIpc) is 2.80. The highest BCUT2D eigenvalue weighted by molar-refractivity contribution is 5.91. The van der Waals surface area contributed by atoms with Gasteiger partial charge in [-0.1, -0.05) is 42.0 Å². The Hall–Kier alpha value is -4.12. The summed E-state index contributed by atoms with van der Waals surface area (Å²) >= 11 is 0.